The highest BCUT2D eigenvalue weighted by atomic mass is 19.3. The molecule has 1 amide bonds. The third kappa shape index (κ3) is 2.14. The molecular weight excluding hydrogens is 166 g/mol. The summed E-state index contributed by atoms with van der Waals surface area (Å²) in [5.41, 5.74) is 0. The molecular formula is C7H12F2N2O. The van der Waals surface area contributed by atoms with Gasteiger partial charge in [-0.1, -0.05) is 0 Å². The van der Waals surface area contributed by atoms with Gasteiger partial charge in [-0.2, -0.15) is 0 Å². The van der Waals surface area contributed by atoms with Crippen molar-refractivity contribution in [2.45, 2.75) is 25.3 Å². The molecule has 1 heterocycles. The van der Waals surface area contributed by atoms with Gasteiger partial charge in [0.1, 0.15) is 0 Å². The van der Waals surface area contributed by atoms with E-state index in [9.17, 15) is 13.6 Å². The highest BCUT2D eigenvalue weighted by Crippen LogP contribution is 2.24. The van der Waals surface area contributed by atoms with E-state index >= 15 is 0 Å². The summed E-state index contributed by atoms with van der Waals surface area (Å²) in [4.78, 5) is 11.0. The summed E-state index contributed by atoms with van der Waals surface area (Å²) in [5.74, 6) is -3.06. The van der Waals surface area contributed by atoms with Crippen molar-refractivity contribution in [2.24, 2.45) is 0 Å². The molecule has 0 aromatic heterocycles. The third-order valence-electron chi connectivity index (χ3n) is 1.78. The summed E-state index contributed by atoms with van der Waals surface area (Å²) in [6.45, 7) is 1.84. The Morgan fingerprint density at radius 3 is 2.83 bits per heavy atom. The number of halogens is 2. The Morgan fingerprint density at radius 2 is 2.42 bits per heavy atom. The molecule has 1 rings (SSSR count). The van der Waals surface area contributed by atoms with E-state index in [4.69, 9.17) is 0 Å². The van der Waals surface area contributed by atoms with E-state index in [1.165, 1.54) is 0 Å². The molecule has 0 saturated carbocycles. The highest BCUT2D eigenvalue weighted by Gasteiger charge is 2.41. The van der Waals surface area contributed by atoms with Crippen LogP contribution in [0.5, 0.6) is 0 Å². The van der Waals surface area contributed by atoms with Gasteiger partial charge in [0, 0.05) is 13.0 Å². The van der Waals surface area contributed by atoms with Crippen molar-refractivity contribution in [1.82, 2.24) is 10.6 Å². The minimum absolute atomic E-state index is 0.338. The molecule has 0 spiro atoms. The first-order valence-electron chi connectivity index (χ1n) is 3.94. The van der Waals surface area contributed by atoms with Crippen molar-refractivity contribution in [1.29, 1.82) is 0 Å². The van der Waals surface area contributed by atoms with Crippen LogP contribution in [0.15, 0.2) is 0 Å². The number of rotatable bonds is 2. The van der Waals surface area contributed by atoms with Gasteiger partial charge < -0.3 is 5.32 Å². The zero-order valence-electron chi connectivity index (χ0n) is 6.86. The lowest BCUT2D eigenvalue weighted by Gasteiger charge is -2.08. The van der Waals surface area contributed by atoms with Crippen LogP contribution in [0, 0.1) is 0 Å². The molecule has 1 saturated heterocycles. The second-order valence-electron chi connectivity index (χ2n) is 2.89. The number of hydrogen-bond donors (Lipinski definition) is 2. The minimum atomic E-state index is -2.73. The lowest BCUT2D eigenvalue weighted by Crippen LogP contribution is -2.40. The highest BCUT2D eigenvalue weighted by molar-refractivity contribution is 5.82. The van der Waals surface area contributed by atoms with Gasteiger partial charge in [0.15, 0.2) is 0 Å². The Labute approximate surface area is 69.5 Å². The fourth-order valence-electron chi connectivity index (χ4n) is 1.20. The number of carbonyl (C=O) groups is 1. The number of hydrogen-bond acceptors (Lipinski definition) is 2. The van der Waals surface area contributed by atoms with Crippen LogP contribution in [-0.2, 0) is 4.79 Å². The van der Waals surface area contributed by atoms with Crippen LogP contribution in [0.1, 0.15) is 13.3 Å². The second kappa shape index (κ2) is 3.35. The smallest absolute Gasteiger partial charge is 0.262 e. The quantitative estimate of drug-likeness (QED) is 0.630. The topological polar surface area (TPSA) is 41.1 Å². The molecule has 70 valence electrons. The van der Waals surface area contributed by atoms with Gasteiger partial charge in [-0.25, -0.2) is 8.78 Å². The van der Waals surface area contributed by atoms with Crippen LogP contribution in [-0.4, -0.2) is 31.0 Å². The molecule has 1 aliphatic rings. The molecule has 1 fully saturated rings. The van der Waals surface area contributed by atoms with Crippen LogP contribution in [0.3, 0.4) is 0 Å². The Balaban J connectivity index is 2.41. The Morgan fingerprint density at radius 1 is 1.75 bits per heavy atom. The van der Waals surface area contributed by atoms with E-state index < -0.39 is 24.9 Å². The summed E-state index contributed by atoms with van der Waals surface area (Å²) in [6, 6.07) is -0.722. The third-order valence-corrected chi connectivity index (χ3v) is 1.78. The molecule has 1 unspecified atom stereocenters. The predicted molar refractivity (Wildman–Crippen MR) is 40.0 cm³/mol. The van der Waals surface area contributed by atoms with E-state index in [2.05, 4.69) is 10.6 Å². The summed E-state index contributed by atoms with van der Waals surface area (Å²) in [6.07, 6.45) is -0.390. The lowest BCUT2D eigenvalue weighted by molar-refractivity contribution is -0.123. The van der Waals surface area contributed by atoms with Gasteiger partial charge in [0.05, 0.1) is 12.6 Å². The molecule has 0 bridgehead atoms. The van der Waals surface area contributed by atoms with Crippen molar-refractivity contribution >= 4 is 5.91 Å². The van der Waals surface area contributed by atoms with Crippen LogP contribution < -0.4 is 10.6 Å². The fraction of sp³-hybridized carbons (Fsp3) is 0.857. The van der Waals surface area contributed by atoms with Crippen LogP contribution >= 0.6 is 0 Å². The molecule has 2 N–H and O–H groups in total. The second-order valence-corrected chi connectivity index (χ2v) is 2.89. The van der Waals surface area contributed by atoms with Gasteiger partial charge in [-0.15, -0.1) is 0 Å². The number of nitrogens with one attached hydrogen (secondary N) is 2. The van der Waals surface area contributed by atoms with E-state index in [0.29, 0.717) is 6.54 Å². The fourth-order valence-corrected chi connectivity index (χ4v) is 1.20. The monoisotopic (exact) mass is 178 g/mol. The minimum Gasteiger partial charge on any atom is -0.355 e. The van der Waals surface area contributed by atoms with E-state index in [1.54, 1.807) is 6.92 Å². The zero-order valence-corrected chi connectivity index (χ0v) is 6.86. The Hall–Kier alpha value is -0.710. The van der Waals surface area contributed by atoms with Crippen molar-refractivity contribution < 1.29 is 13.6 Å². The summed E-state index contributed by atoms with van der Waals surface area (Å²) in [7, 11) is 0. The van der Waals surface area contributed by atoms with Gasteiger partial charge in [0.25, 0.3) is 5.92 Å². The molecule has 5 heteroatoms. The summed E-state index contributed by atoms with van der Waals surface area (Å²) < 4.78 is 25.1. The Kier molecular flexibility index (Phi) is 2.62. The molecule has 3 nitrogen and oxygen atoms in total. The van der Waals surface area contributed by atoms with Gasteiger partial charge in [-0.3, -0.25) is 10.1 Å². The molecule has 1 atom stereocenters. The maximum absolute atomic E-state index is 12.6. The number of amides is 1. The first kappa shape index (κ1) is 9.38. The summed E-state index contributed by atoms with van der Waals surface area (Å²) in [5, 5.41) is 4.96. The average Bonchev–Trinajstić information content (AvgIpc) is 2.31. The SMILES string of the molecule is CCNC(=O)C1CC(F)(F)CN1. The van der Waals surface area contributed by atoms with E-state index in [1.807, 2.05) is 0 Å². The molecule has 0 aromatic rings. The maximum atomic E-state index is 12.6. The van der Waals surface area contributed by atoms with Gasteiger partial charge in [-0.05, 0) is 6.92 Å². The molecule has 0 radical (unpaired) electrons. The Bertz CT molecular complexity index is 184. The largest absolute Gasteiger partial charge is 0.355 e. The molecule has 0 aliphatic carbocycles. The van der Waals surface area contributed by atoms with E-state index in [0.717, 1.165) is 0 Å². The van der Waals surface area contributed by atoms with Crippen LogP contribution in [0.4, 0.5) is 8.78 Å². The number of carbonyl (C=O) groups excluding carboxylic acids is 1. The molecule has 12 heavy (non-hydrogen) atoms. The van der Waals surface area contributed by atoms with Crippen LogP contribution in [0.25, 0.3) is 0 Å². The van der Waals surface area contributed by atoms with Crippen molar-refractivity contribution in [2.75, 3.05) is 13.1 Å². The first-order chi connectivity index (χ1) is 5.55. The first-order valence-corrected chi connectivity index (χ1v) is 3.94. The molecule has 1 aliphatic heterocycles. The van der Waals surface area contributed by atoms with Crippen molar-refractivity contribution in [3.05, 3.63) is 0 Å². The van der Waals surface area contributed by atoms with Crippen LogP contribution in [0.2, 0.25) is 0 Å². The van der Waals surface area contributed by atoms with Gasteiger partial charge in [0.2, 0.25) is 5.91 Å². The average molecular weight is 178 g/mol. The van der Waals surface area contributed by atoms with Gasteiger partial charge >= 0.3 is 0 Å². The predicted octanol–water partition coefficient (Wildman–Crippen LogP) is 0.120. The maximum Gasteiger partial charge on any atom is 0.262 e. The van der Waals surface area contributed by atoms with E-state index in [-0.39, 0.29) is 5.91 Å². The lowest BCUT2D eigenvalue weighted by atomic mass is 10.2. The number of likely N-dealkylation sites (N-methyl/N-ethyl adjacent to an activating group) is 1. The normalized spacial score (nSPS) is 27.1. The molecule has 0 aromatic carbocycles. The standard InChI is InChI=1S/C7H12F2N2O/c1-2-10-6(12)5-3-7(8,9)4-11-5/h5,11H,2-4H2,1H3,(H,10,12). The zero-order chi connectivity index (χ0) is 9.19. The van der Waals surface area contributed by atoms with Crippen molar-refractivity contribution in [3.8, 4) is 0 Å². The van der Waals surface area contributed by atoms with Crippen molar-refractivity contribution in [3.63, 3.8) is 0 Å². The number of alkyl halides is 2. The summed E-state index contributed by atoms with van der Waals surface area (Å²) >= 11 is 0.